The van der Waals surface area contributed by atoms with E-state index in [-0.39, 0.29) is 18.7 Å². The molecule has 1 heterocycles. The van der Waals surface area contributed by atoms with E-state index in [4.69, 9.17) is 5.11 Å². The minimum atomic E-state index is -4.78. The van der Waals surface area contributed by atoms with Gasteiger partial charge in [-0.05, 0) is 17.7 Å². The van der Waals surface area contributed by atoms with Crippen LogP contribution in [-0.2, 0) is 6.54 Å². The van der Waals surface area contributed by atoms with E-state index in [0.717, 1.165) is 4.90 Å². The molecule has 1 aliphatic heterocycles. The van der Waals surface area contributed by atoms with Crippen LogP contribution in [0.1, 0.15) is 22.3 Å². The van der Waals surface area contributed by atoms with Crippen LogP contribution < -0.4 is 5.32 Å². The Bertz CT molecular complexity index is 603. The lowest BCUT2D eigenvalue weighted by molar-refractivity contribution is -0.253. The molecule has 0 aromatic heterocycles. The van der Waals surface area contributed by atoms with Crippen LogP contribution in [0.5, 0.6) is 0 Å². The summed E-state index contributed by atoms with van der Waals surface area (Å²) in [4.78, 5) is 23.5. The minimum Gasteiger partial charge on any atom is -0.478 e. The maximum Gasteiger partial charge on any atom is 0.419 e. The SMILES string of the molecule is O=C(O)c1ccc(CNC(=O)N2CCC(O)(C(F)(F)F)C2)cc1. The lowest BCUT2D eigenvalue weighted by atomic mass is 10.0. The number of carboxylic acids is 1. The van der Waals surface area contributed by atoms with Gasteiger partial charge in [0.25, 0.3) is 0 Å². The molecule has 1 aromatic carbocycles. The summed E-state index contributed by atoms with van der Waals surface area (Å²) in [7, 11) is 0. The monoisotopic (exact) mass is 332 g/mol. The fourth-order valence-electron chi connectivity index (χ4n) is 2.25. The predicted molar refractivity (Wildman–Crippen MR) is 72.8 cm³/mol. The summed E-state index contributed by atoms with van der Waals surface area (Å²) in [6, 6.07) is 5.01. The van der Waals surface area contributed by atoms with E-state index in [0.29, 0.717) is 5.56 Å². The number of nitrogens with one attached hydrogen (secondary N) is 1. The smallest absolute Gasteiger partial charge is 0.419 e. The molecule has 1 saturated heterocycles. The van der Waals surface area contributed by atoms with Crippen molar-refractivity contribution in [3.8, 4) is 0 Å². The van der Waals surface area contributed by atoms with Crippen LogP contribution in [0.25, 0.3) is 0 Å². The summed E-state index contributed by atoms with van der Waals surface area (Å²) in [5.41, 5.74) is -2.17. The molecule has 0 saturated carbocycles. The quantitative estimate of drug-likeness (QED) is 0.784. The lowest BCUT2D eigenvalue weighted by Gasteiger charge is -2.26. The number of halogens is 3. The number of hydrogen-bond acceptors (Lipinski definition) is 3. The van der Waals surface area contributed by atoms with E-state index in [9.17, 15) is 27.9 Å². The van der Waals surface area contributed by atoms with E-state index >= 15 is 0 Å². The normalized spacial score (nSPS) is 21.3. The molecule has 1 unspecified atom stereocenters. The molecule has 0 aliphatic carbocycles. The number of benzene rings is 1. The number of likely N-dealkylation sites (tertiary alicyclic amines) is 1. The number of amides is 2. The molecule has 2 amide bonds. The number of carbonyl (C=O) groups is 2. The Hall–Kier alpha value is -2.29. The van der Waals surface area contributed by atoms with E-state index in [1.807, 2.05) is 0 Å². The molecular weight excluding hydrogens is 317 g/mol. The van der Waals surface area contributed by atoms with Gasteiger partial charge in [0.05, 0.1) is 12.1 Å². The number of rotatable bonds is 3. The van der Waals surface area contributed by atoms with E-state index in [1.165, 1.54) is 24.3 Å². The minimum absolute atomic E-state index is 0.0413. The molecule has 1 atom stereocenters. The first-order chi connectivity index (χ1) is 10.6. The zero-order chi connectivity index (χ0) is 17.3. The highest BCUT2D eigenvalue weighted by molar-refractivity contribution is 5.87. The summed E-state index contributed by atoms with van der Waals surface area (Å²) >= 11 is 0. The van der Waals surface area contributed by atoms with Gasteiger partial charge in [0.1, 0.15) is 0 Å². The number of carbonyl (C=O) groups excluding carboxylic acids is 1. The van der Waals surface area contributed by atoms with Gasteiger partial charge in [-0.15, -0.1) is 0 Å². The van der Waals surface area contributed by atoms with Gasteiger partial charge in [-0.1, -0.05) is 12.1 Å². The maximum atomic E-state index is 12.7. The van der Waals surface area contributed by atoms with Gasteiger partial charge in [-0.25, -0.2) is 9.59 Å². The van der Waals surface area contributed by atoms with Gasteiger partial charge in [-0.2, -0.15) is 13.2 Å². The Kier molecular flexibility index (Phi) is 4.51. The highest BCUT2D eigenvalue weighted by Gasteiger charge is 2.57. The van der Waals surface area contributed by atoms with Crippen LogP contribution >= 0.6 is 0 Å². The van der Waals surface area contributed by atoms with Crippen molar-refractivity contribution in [1.29, 1.82) is 0 Å². The zero-order valence-electron chi connectivity index (χ0n) is 11.9. The van der Waals surface area contributed by atoms with Gasteiger partial charge >= 0.3 is 18.2 Å². The number of β-amino-alcohol motifs (C(OH)–C–C–N with tert-alkyl or cyclic N) is 1. The fourth-order valence-corrected chi connectivity index (χ4v) is 2.25. The third kappa shape index (κ3) is 3.73. The van der Waals surface area contributed by atoms with Gasteiger partial charge < -0.3 is 20.4 Å². The molecule has 9 heteroatoms. The first kappa shape index (κ1) is 17.1. The number of nitrogens with zero attached hydrogens (tertiary/aromatic N) is 1. The molecule has 126 valence electrons. The lowest BCUT2D eigenvalue weighted by Crippen LogP contribution is -2.49. The summed E-state index contributed by atoms with van der Waals surface area (Å²) in [6.07, 6.45) is -5.34. The van der Waals surface area contributed by atoms with Crippen LogP contribution in [0, 0.1) is 0 Å². The maximum absolute atomic E-state index is 12.7. The highest BCUT2D eigenvalue weighted by atomic mass is 19.4. The number of carboxylic acid groups (broad SMARTS) is 1. The summed E-state index contributed by atoms with van der Waals surface area (Å²) in [5.74, 6) is -1.08. The highest BCUT2D eigenvalue weighted by Crippen LogP contribution is 2.37. The van der Waals surface area contributed by atoms with Gasteiger partial charge in [0, 0.05) is 19.5 Å². The Balaban J connectivity index is 1.90. The van der Waals surface area contributed by atoms with Crippen LogP contribution in [-0.4, -0.2) is 52.0 Å². The molecule has 1 aromatic rings. The molecule has 1 aliphatic rings. The second-order valence-electron chi connectivity index (χ2n) is 5.36. The Morgan fingerprint density at radius 1 is 1.26 bits per heavy atom. The standard InChI is InChI=1S/C14H15F3N2O4/c15-14(16,17)13(23)5-6-19(8-13)12(22)18-7-9-1-3-10(4-2-9)11(20)21/h1-4,23H,5-8H2,(H,18,22)(H,20,21). The Morgan fingerprint density at radius 3 is 2.35 bits per heavy atom. The summed E-state index contributed by atoms with van der Waals surface area (Å²) in [5, 5.41) is 20.7. The molecule has 0 spiro atoms. The van der Waals surface area contributed by atoms with Gasteiger partial charge in [0.2, 0.25) is 0 Å². The summed E-state index contributed by atoms with van der Waals surface area (Å²) in [6.45, 7) is -0.959. The second-order valence-corrected chi connectivity index (χ2v) is 5.36. The molecule has 3 N–H and O–H groups in total. The van der Waals surface area contributed by atoms with E-state index < -0.39 is 36.7 Å². The van der Waals surface area contributed by atoms with Crippen molar-refractivity contribution < 1.29 is 33.0 Å². The van der Waals surface area contributed by atoms with Crippen molar-refractivity contribution in [3.63, 3.8) is 0 Å². The zero-order valence-corrected chi connectivity index (χ0v) is 11.9. The molecule has 2 rings (SSSR count). The average molecular weight is 332 g/mol. The van der Waals surface area contributed by atoms with Crippen molar-refractivity contribution >= 4 is 12.0 Å². The van der Waals surface area contributed by atoms with E-state index in [1.54, 1.807) is 0 Å². The van der Waals surface area contributed by atoms with Crippen LogP contribution in [0.15, 0.2) is 24.3 Å². The third-order valence-corrected chi connectivity index (χ3v) is 3.71. The van der Waals surface area contributed by atoms with E-state index in [2.05, 4.69) is 5.32 Å². The number of aliphatic hydroxyl groups is 1. The molecule has 0 bridgehead atoms. The van der Waals surface area contributed by atoms with Crippen molar-refractivity contribution in [2.45, 2.75) is 24.7 Å². The predicted octanol–water partition coefficient (Wildman–Crippen LogP) is 1.59. The van der Waals surface area contributed by atoms with Gasteiger partial charge in [0.15, 0.2) is 5.60 Å². The van der Waals surface area contributed by atoms with Crippen LogP contribution in [0.2, 0.25) is 0 Å². The average Bonchev–Trinajstić information content (AvgIpc) is 2.89. The first-order valence-corrected chi connectivity index (χ1v) is 6.76. The molecular formula is C14H15F3N2O4. The topological polar surface area (TPSA) is 89.9 Å². The van der Waals surface area contributed by atoms with Crippen molar-refractivity contribution in [2.75, 3.05) is 13.1 Å². The van der Waals surface area contributed by atoms with Crippen LogP contribution in [0.3, 0.4) is 0 Å². The molecule has 1 fully saturated rings. The number of urea groups is 1. The number of hydrogen-bond donors (Lipinski definition) is 3. The molecule has 6 nitrogen and oxygen atoms in total. The first-order valence-electron chi connectivity index (χ1n) is 6.76. The number of alkyl halides is 3. The summed E-state index contributed by atoms with van der Waals surface area (Å²) < 4.78 is 38.0. The number of aromatic carboxylic acids is 1. The van der Waals surface area contributed by atoms with Crippen LogP contribution in [0.4, 0.5) is 18.0 Å². The molecule has 23 heavy (non-hydrogen) atoms. The largest absolute Gasteiger partial charge is 0.478 e. The Labute approximate surface area is 129 Å². The Morgan fingerprint density at radius 2 is 1.87 bits per heavy atom. The van der Waals surface area contributed by atoms with Crippen molar-refractivity contribution in [3.05, 3.63) is 35.4 Å². The third-order valence-electron chi connectivity index (χ3n) is 3.71. The van der Waals surface area contributed by atoms with Gasteiger partial charge in [-0.3, -0.25) is 0 Å². The second kappa shape index (κ2) is 6.07. The molecule has 0 radical (unpaired) electrons. The van der Waals surface area contributed by atoms with Crippen molar-refractivity contribution in [1.82, 2.24) is 10.2 Å². The van der Waals surface area contributed by atoms with Crippen molar-refractivity contribution in [2.24, 2.45) is 0 Å². The fraction of sp³-hybridized carbons (Fsp3) is 0.429.